The Morgan fingerprint density at radius 2 is 1.70 bits per heavy atom. The molecule has 3 N–H and O–H groups in total. The predicted molar refractivity (Wildman–Crippen MR) is 123 cm³/mol. The third kappa shape index (κ3) is 3.78. The van der Waals surface area contributed by atoms with Crippen LogP contribution in [0.1, 0.15) is 30.8 Å². The summed E-state index contributed by atoms with van der Waals surface area (Å²) in [4.78, 5) is 15.4. The summed E-state index contributed by atoms with van der Waals surface area (Å²) in [6.45, 7) is 6.19. The minimum atomic E-state index is 0. The van der Waals surface area contributed by atoms with Gasteiger partial charge in [-0.25, -0.2) is 14.6 Å². The molecule has 1 fully saturated rings. The third-order valence-corrected chi connectivity index (χ3v) is 5.53. The lowest BCUT2D eigenvalue weighted by atomic mass is 10.1. The number of halogens is 1. The van der Waals surface area contributed by atoms with Gasteiger partial charge < -0.3 is 15.4 Å². The molecule has 4 heterocycles. The van der Waals surface area contributed by atoms with Crippen molar-refractivity contribution in [1.82, 2.24) is 24.7 Å². The number of nitrogens with one attached hydrogen (secondary N) is 1. The van der Waals surface area contributed by atoms with E-state index >= 15 is 0 Å². The highest BCUT2D eigenvalue weighted by Gasteiger charge is 2.20. The summed E-state index contributed by atoms with van der Waals surface area (Å²) in [6.07, 6.45) is 5.67. The van der Waals surface area contributed by atoms with Gasteiger partial charge in [-0.15, -0.1) is 12.4 Å². The molecule has 0 radical (unpaired) electrons. The van der Waals surface area contributed by atoms with Crippen LogP contribution in [0.25, 0.3) is 28.0 Å². The van der Waals surface area contributed by atoms with Crippen molar-refractivity contribution in [1.29, 1.82) is 0 Å². The number of para-hydroxylation sites is 1. The van der Waals surface area contributed by atoms with Crippen LogP contribution in [0.3, 0.4) is 0 Å². The first-order valence-corrected chi connectivity index (χ1v) is 9.93. The molecular weight excluding hydrogens is 400 g/mol. The van der Waals surface area contributed by atoms with Crippen LogP contribution in [0, 0.1) is 13.8 Å². The Morgan fingerprint density at radius 3 is 2.43 bits per heavy atom. The van der Waals surface area contributed by atoms with Crippen LogP contribution < -0.4 is 4.90 Å². The van der Waals surface area contributed by atoms with E-state index in [9.17, 15) is 0 Å². The molecule has 4 aromatic rings. The topological polar surface area (TPSA) is 94.1 Å². The second kappa shape index (κ2) is 8.85. The van der Waals surface area contributed by atoms with Gasteiger partial charge in [0.1, 0.15) is 11.3 Å². The number of piperidine rings is 1. The van der Waals surface area contributed by atoms with Crippen molar-refractivity contribution < 1.29 is 5.48 Å². The van der Waals surface area contributed by atoms with Gasteiger partial charge in [0.2, 0.25) is 0 Å². The largest absolute Gasteiger partial charge is 0.412 e. The van der Waals surface area contributed by atoms with Gasteiger partial charge in [-0.05, 0) is 51.3 Å². The first-order valence-electron chi connectivity index (χ1n) is 9.93. The highest BCUT2D eigenvalue weighted by molar-refractivity contribution is 5.91. The van der Waals surface area contributed by atoms with Gasteiger partial charge in [0.05, 0.1) is 28.8 Å². The first-order chi connectivity index (χ1) is 13.7. The van der Waals surface area contributed by atoms with Crippen molar-refractivity contribution in [3.05, 3.63) is 54.1 Å². The highest BCUT2D eigenvalue weighted by atomic mass is 35.5. The fourth-order valence-electron chi connectivity index (χ4n) is 4.09. The molecule has 3 aromatic heterocycles. The van der Waals surface area contributed by atoms with Crippen molar-refractivity contribution in [2.45, 2.75) is 33.1 Å². The summed E-state index contributed by atoms with van der Waals surface area (Å²) < 4.78 is 1.98. The molecule has 0 aliphatic carbocycles. The number of rotatable bonds is 3. The van der Waals surface area contributed by atoms with E-state index in [-0.39, 0.29) is 17.9 Å². The molecule has 1 aliphatic heterocycles. The minimum absolute atomic E-state index is 0. The standard InChI is InChI=1S/C22H24N6.ClH.H2O/c1-15-18(14-23-28(15)17-9-5-3-6-10-17)19-13-20-21(26-19)22(25-16(2)24-20)27-11-7-4-8-12-27;;/h3,5-6,9-10,13-14,26H,4,7-8,11-12H2,1-2H3;1H;1H2. The average molecular weight is 427 g/mol. The zero-order valence-corrected chi connectivity index (χ0v) is 18.0. The van der Waals surface area contributed by atoms with E-state index in [1.165, 1.54) is 19.3 Å². The Balaban J connectivity index is 0.00000128. The van der Waals surface area contributed by atoms with Gasteiger partial charge in [0, 0.05) is 18.7 Å². The van der Waals surface area contributed by atoms with Crippen molar-refractivity contribution in [3.8, 4) is 16.9 Å². The van der Waals surface area contributed by atoms with Gasteiger partial charge in [0.15, 0.2) is 5.82 Å². The van der Waals surface area contributed by atoms with Crippen molar-refractivity contribution >= 4 is 29.3 Å². The summed E-state index contributed by atoms with van der Waals surface area (Å²) in [5.74, 6) is 1.84. The SMILES string of the molecule is Cc1nc(N2CCCCC2)c2[nH]c(-c3cnn(-c4ccccc4)c3C)cc2n1.Cl.O. The van der Waals surface area contributed by atoms with Gasteiger partial charge in [-0.3, -0.25) is 0 Å². The molecule has 0 amide bonds. The van der Waals surface area contributed by atoms with Crippen LogP contribution in [-0.2, 0) is 0 Å². The number of anilines is 1. The van der Waals surface area contributed by atoms with Gasteiger partial charge in [0.25, 0.3) is 0 Å². The molecule has 1 aliphatic rings. The molecule has 0 unspecified atom stereocenters. The molecule has 1 aromatic carbocycles. The summed E-state index contributed by atoms with van der Waals surface area (Å²) in [7, 11) is 0. The number of H-pyrrole nitrogens is 1. The van der Waals surface area contributed by atoms with Crippen molar-refractivity contribution in [3.63, 3.8) is 0 Å². The Kier molecular flexibility index (Phi) is 6.43. The first kappa shape index (κ1) is 21.8. The molecule has 7 nitrogen and oxygen atoms in total. The lowest BCUT2D eigenvalue weighted by molar-refractivity contribution is 0.574. The maximum atomic E-state index is 4.77. The zero-order chi connectivity index (χ0) is 19.1. The molecule has 158 valence electrons. The maximum absolute atomic E-state index is 4.77. The molecule has 1 saturated heterocycles. The van der Waals surface area contributed by atoms with Crippen molar-refractivity contribution in [2.75, 3.05) is 18.0 Å². The lowest BCUT2D eigenvalue weighted by Gasteiger charge is -2.28. The number of nitrogens with zero attached hydrogens (tertiary/aromatic N) is 5. The van der Waals surface area contributed by atoms with Crippen molar-refractivity contribution in [2.24, 2.45) is 0 Å². The van der Waals surface area contributed by atoms with E-state index in [0.29, 0.717) is 0 Å². The van der Waals surface area contributed by atoms with Crippen LogP contribution >= 0.6 is 12.4 Å². The summed E-state index contributed by atoms with van der Waals surface area (Å²) in [5.41, 5.74) is 6.27. The second-order valence-corrected chi connectivity index (χ2v) is 7.48. The van der Waals surface area contributed by atoms with Crippen LogP contribution in [0.15, 0.2) is 42.6 Å². The van der Waals surface area contributed by atoms with E-state index in [2.05, 4.69) is 45.1 Å². The van der Waals surface area contributed by atoms with E-state index in [4.69, 9.17) is 4.98 Å². The number of aromatic amines is 1. The summed E-state index contributed by atoms with van der Waals surface area (Å²) in [5, 5.41) is 4.61. The van der Waals surface area contributed by atoms with Crippen LogP contribution in [0.4, 0.5) is 5.82 Å². The number of aromatic nitrogens is 5. The predicted octanol–water partition coefficient (Wildman–Crippen LogP) is 4.01. The number of hydrogen-bond donors (Lipinski definition) is 1. The maximum Gasteiger partial charge on any atom is 0.156 e. The molecule has 0 spiro atoms. The Bertz CT molecular complexity index is 1130. The molecule has 0 atom stereocenters. The Labute approximate surface area is 181 Å². The van der Waals surface area contributed by atoms with Gasteiger partial charge in [-0.2, -0.15) is 5.10 Å². The third-order valence-electron chi connectivity index (χ3n) is 5.53. The average Bonchev–Trinajstić information content (AvgIpc) is 3.31. The minimum Gasteiger partial charge on any atom is -0.412 e. The van der Waals surface area contributed by atoms with E-state index in [1.807, 2.05) is 36.0 Å². The molecule has 30 heavy (non-hydrogen) atoms. The normalized spacial score (nSPS) is 13.7. The molecule has 0 bridgehead atoms. The molecule has 5 rings (SSSR count). The monoisotopic (exact) mass is 426 g/mol. The fraction of sp³-hybridized carbons (Fsp3) is 0.318. The Hall–Kier alpha value is -2.90. The molecule has 8 heteroatoms. The number of hydrogen-bond acceptors (Lipinski definition) is 4. The van der Waals surface area contributed by atoms with Crippen LogP contribution in [0.5, 0.6) is 0 Å². The number of fused-ring (bicyclic) bond motifs is 1. The fourth-order valence-corrected chi connectivity index (χ4v) is 4.09. The number of aryl methyl sites for hydroxylation is 1. The summed E-state index contributed by atoms with van der Waals surface area (Å²) in [6, 6.07) is 12.3. The lowest BCUT2D eigenvalue weighted by Crippen LogP contribution is -2.30. The number of benzene rings is 1. The van der Waals surface area contributed by atoms with Crippen LogP contribution in [-0.4, -0.2) is 43.3 Å². The van der Waals surface area contributed by atoms with Crippen LogP contribution in [0.2, 0.25) is 0 Å². The smallest absolute Gasteiger partial charge is 0.156 e. The van der Waals surface area contributed by atoms with Gasteiger partial charge in [-0.1, -0.05) is 18.2 Å². The summed E-state index contributed by atoms with van der Waals surface area (Å²) >= 11 is 0. The van der Waals surface area contributed by atoms with E-state index in [1.54, 1.807) is 0 Å². The second-order valence-electron chi connectivity index (χ2n) is 7.48. The zero-order valence-electron chi connectivity index (χ0n) is 17.2. The van der Waals surface area contributed by atoms with E-state index < -0.39 is 0 Å². The highest BCUT2D eigenvalue weighted by Crippen LogP contribution is 2.31. The van der Waals surface area contributed by atoms with E-state index in [0.717, 1.165) is 58.4 Å². The molecular formula is C22H27ClN6O. The quantitative estimate of drug-likeness (QED) is 0.535. The van der Waals surface area contributed by atoms with Gasteiger partial charge >= 0.3 is 0 Å². The molecule has 0 saturated carbocycles. The Morgan fingerprint density at radius 1 is 0.967 bits per heavy atom.